The van der Waals surface area contributed by atoms with Gasteiger partial charge in [0.15, 0.2) is 6.29 Å². The van der Waals surface area contributed by atoms with Crippen molar-refractivity contribution in [3.05, 3.63) is 35.5 Å². The molecule has 3 aliphatic heterocycles. The molecule has 1 unspecified atom stereocenters. The summed E-state index contributed by atoms with van der Waals surface area (Å²) in [5, 5.41) is 11.9. The second-order valence-corrected chi connectivity index (χ2v) is 8.04. The Bertz CT molecular complexity index is 727. The lowest BCUT2D eigenvalue weighted by atomic mass is 9.73. The van der Waals surface area contributed by atoms with Gasteiger partial charge in [-0.2, -0.15) is 0 Å². The molecular weight excluding hydrogens is 300 g/mol. The molecule has 1 aromatic carbocycles. The van der Waals surface area contributed by atoms with Crippen LogP contribution < -0.4 is 0 Å². The molecule has 4 fully saturated rings. The third-order valence-corrected chi connectivity index (χ3v) is 6.47. The van der Waals surface area contributed by atoms with Crippen LogP contribution in [0, 0.1) is 5.41 Å². The molecule has 1 atom stereocenters. The third-order valence-electron chi connectivity index (χ3n) is 6.47. The minimum atomic E-state index is -0.826. The second-order valence-electron chi connectivity index (χ2n) is 8.04. The summed E-state index contributed by atoms with van der Waals surface area (Å²) in [6, 6.07) is 6.41. The van der Waals surface area contributed by atoms with Gasteiger partial charge in [-0.1, -0.05) is 12.1 Å². The van der Waals surface area contributed by atoms with E-state index >= 15 is 0 Å². The maximum atomic E-state index is 10.7. The molecule has 2 aromatic rings. The monoisotopic (exact) mass is 326 g/mol. The predicted octanol–water partition coefficient (Wildman–Crippen LogP) is 3.54. The zero-order valence-corrected chi connectivity index (χ0v) is 14.1. The van der Waals surface area contributed by atoms with Crippen molar-refractivity contribution < 1.29 is 9.84 Å². The quantitative estimate of drug-likeness (QED) is 0.826. The molecule has 6 rings (SSSR count). The Labute approximate surface area is 142 Å². The summed E-state index contributed by atoms with van der Waals surface area (Å²) in [4.78, 5) is 5.86. The number of nitrogens with zero attached hydrogens (tertiary/aromatic N) is 1. The molecule has 0 radical (unpaired) electrons. The van der Waals surface area contributed by atoms with Gasteiger partial charge in [0, 0.05) is 22.7 Å². The molecule has 4 heteroatoms. The van der Waals surface area contributed by atoms with E-state index in [1.165, 1.54) is 62.7 Å². The van der Waals surface area contributed by atoms with Crippen LogP contribution >= 0.6 is 0 Å². The summed E-state index contributed by atoms with van der Waals surface area (Å²) in [5.41, 5.74) is 3.69. The number of ether oxygens (including phenoxy) is 1. The SMILES string of the molecule is OC(OCC12CCN(CC1)CC2)c1c[nH]c2cccc(C3CC3)c12. The zero-order valence-electron chi connectivity index (χ0n) is 14.1. The Kier molecular flexibility index (Phi) is 3.47. The maximum absolute atomic E-state index is 10.7. The van der Waals surface area contributed by atoms with Crippen LogP contribution in [0.4, 0.5) is 0 Å². The number of aliphatic hydroxyl groups excluding tert-OH is 1. The van der Waals surface area contributed by atoms with Gasteiger partial charge in [0.1, 0.15) is 0 Å². The number of rotatable bonds is 5. The normalized spacial score (nSPS) is 30.8. The highest BCUT2D eigenvalue weighted by Gasteiger charge is 2.40. The maximum Gasteiger partial charge on any atom is 0.183 e. The lowest BCUT2D eigenvalue weighted by Crippen LogP contribution is -2.50. The number of hydrogen-bond donors (Lipinski definition) is 2. The van der Waals surface area contributed by atoms with Crippen LogP contribution in [0.1, 0.15) is 55.4 Å². The Morgan fingerprint density at radius 2 is 1.96 bits per heavy atom. The summed E-state index contributed by atoms with van der Waals surface area (Å²) in [6.07, 6.45) is 7.26. The van der Waals surface area contributed by atoms with E-state index in [4.69, 9.17) is 4.74 Å². The molecule has 1 saturated carbocycles. The van der Waals surface area contributed by atoms with Gasteiger partial charge in [0.25, 0.3) is 0 Å². The van der Waals surface area contributed by atoms with E-state index in [-0.39, 0.29) is 0 Å². The van der Waals surface area contributed by atoms with Gasteiger partial charge in [-0.25, -0.2) is 0 Å². The minimum Gasteiger partial charge on any atom is -0.364 e. The minimum absolute atomic E-state index is 0.293. The van der Waals surface area contributed by atoms with Crippen molar-refractivity contribution >= 4 is 10.9 Å². The van der Waals surface area contributed by atoms with Crippen LogP contribution in [0.3, 0.4) is 0 Å². The Hall–Kier alpha value is -1.36. The highest BCUT2D eigenvalue weighted by molar-refractivity contribution is 5.87. The average Bonchev–Trinajstić information content (AvgIpc) is 3.39. The first-order valence-electron chi connectivity index (χ1n) is 9.36. The fourth-order valence-corrected chi connectivity index (χ4v) is 4.63. The first-order valence-corrected chi connectivity index (χ1v) is 9.36. The van der Waals surface area contributed by atoms with Crippen molar-refractivity contribution in [3.63, 3.8) is 0 Å². The molecule has 1 aromatic heterocycles. The molecule has 128 valence electrons. The highest BCUT2D eigenvalue weighted by Crippen LogP contribution is 2.45. The van der Waals surface area contributed by atoms with Crippen LogP contribution in [0.25, 0.3) is 10.9 Å². The smallest absolute Gasteiger partial charge is 0.183 e. The van der Waals surface area contributed by atoms with Gasteiger partial charge in [0.2, 0.25) is 0 Å². The summed E-state index contributed by atoms with van der Waals surface area (Å²) in [7, 11) is 0. The first-order chi connectivity index (χ1) is 11.7. The number of fused-ring (bicyclic) bond motifs is 4. The number of hydrogen-bond acceptors (Lipinski definition) is 3. The molecule has 2 bridgehead atoms. The lowest BCUT2D eigenvalue weighted by Gasteiger charge is -2.48. The Balaban J connectivity index is 1.37. The van der Waals surface area contributed by atoms with Crippen molar-refractivity contribution in [3.8, 4) is 0 Å². The van der Waals surface area contributed by atoms with Crippen molar-refractivity contribution in [1.82, 2.24) is 9.88 Å². The zero-order chi connectivity index (χ0) is 16.1. The average molecular weight is 326 g/mol. The van der Waals surface area contributed by atoms with E-state index in [0.717, 1.165) is 11.1 Å². The van der Waals surface area contributed by atoms with E-state index < -0.39 is 6.29 Å². The number of benzene rings is 1. The molecule has 3 saturated heterocycles. The molecule has 4 aliphatic rings. The van der Waals surface area contributed by atoms with E-state index in [1.807, 2.05) is 6.20 Å². The molecule has 1 aliphatic carbocycles. The Morgan fingerprint density at radius 3 is 2.67 bits per heavy atom. The second kappa shape index (κ2) is 5.58. The topological polar surface area (TPSA) is 48.5 Å². The van der Waals surface area contributed by atoms with E-state index in [0.29, 0.717) is 17.9 Å². The molecule has 0 amide bonds. The van der Waals surface area contributed by atoms with Gasteiger partial charge in [0.05, 0.1) is 6.61 Å². The van der Waals surface area contributed by atoms with Gasteiger partial charge in [-0.15, -0.1) is 0 Å². The van der Waals surface area contributed by atoms with Gasteiger partial charge in [-0.3, -0.25) is 0 Å². The van der Waals surface area contributed by atoms with Crippen LogP contribution in [-0.4, -0.2) is 41.2 Å². The highest BCUT2D eigenvalue weighted by atomic mass is 16.6. The van der Waals surface area contributed by atoms with Crippen LogP contribution in [0.15, 0.2) is 24.4 Å². The first kappa shape index (κ1) is 14.9. The van der Waals surface area contributed by atoms with Gasteiger partial charge in [-0.05, 0) is 74.7 Å². The van der Waals surface area contributed by atoms with Crippen molar-refractivity contribution in [2.75, 3.05) is 26.2 Å². The van der Waals surface area contributed by atoms with Crippen molar-refractivity contribution in [1.29, 1.82) is 0 Å². The predicted molar refractivity (Wildman–Crippen MR) is 93.9 cm³/mol. The molecule has 4 heterocycles. The van der Waals surface area contributed by atoms with Gasteiger partial charge < -0.3 is 19.7 Å². The lowest BCUT2D eigenvalue weighted by molar-refractivity contribution is -0.147. The van der Waals surface area contributed by atoms with Crippen molar-refractivity contribution in [2.45, 2.75) is 44.3 Å². The number of aliphatic hydroxyl groups is 1. The fraction of sp³-hybridized carbons (Fsp3) is 0.600. The molecular formula is C20H26N2O2. The standard InChI is InChI=1S/C20H26N2O2/c23-19(24-13-20-6-9-22(10-7-20)11-8-20)16-12-21-17-3-1-2-15(18(16)17)14-4-5-14/h1-3,12,14,19,21,23H,4-11,13H2. The number of aromatic amines is 1. The number of piperidine rings is 3. The largest absolute Gasteiger partial charge is 0.364 e. The summed E-state index contributed by atoms with van der Waals surface area (Å²) in [5.74, 6) is 0.664. The van der Waals surface area contributed by atoms with Crippen molar-refractivity contribution in [2.24, 2.45) is 5.41 Å². The van der Waals surface area contributed by atoms with E-state index in [2.05, 4.69) is 28.1 Å². The summed E-state index contributed by atoms with van der Waals surface area (Å²) >= 11 is 0. The Morgan fingerprint density at radius 1 is 1.21 bits per heavy atom. The fourth-order valence-electron chi connectivity index (χ4n) is 4.63. The third kappa shape index (κ3) is 2.48. The number of H-pyrrole nitrogens is 1. The van der Waals surface area contributed by atoms with Crippen LogP contribution in [0.2, 0.25) is 0 Å². The molecule has 24 heavy (non-hydrogen) atoms. The summed E-state index contributed by atoms with van der Waals surface area (Å²) in [6.45, 7) is 4.26. The van der Waals surface area contributed by atoms with Crippen LogP contribution in [-0.2, 0) is 4.74 Å². The van der Waals surface area contributed by atoms with E-state index in [9.17, 15) is 5.11 Å². The molecule has 2 N–H and O–H groups in total. The van der Waals surface area contributed by atoms with Gasteiger partial charge >= 0.3 is 0 Å². The summed E-state index contributed by atoms with van der Waals surface area (Å²) < 4.78 is 6.03. The van der Waals surface area contributed by atoms with Crippen LogP contribution in [0.5, 0.6) is 0 Å². The number of aromatic nitrogens is 1. The van der Waals surface area contributed by atoms with E-state index in [1.54, 1.807) is 0 Å². The molecule has 0 spiro atoms. The number of nitrogens with one attached hydrogen (secondary N) is 1. The molecule has 4 nitrogen and oxygen atoms in total.